The molecule has 5 nitrogen and oxygen atoms in total. The predicted octanol–water partition coefficient (Wildman–Crippen LogP) is 2.84. The van der Waals surface area contributed by atoms with Gasteiger partial charge in [-0.3, -0.25) is 4.79 Å². The highest BCUT2D eigenvalue weighted by Gasteiger charge is 2.29. The molecule has 0 bridgehead atoms. The summed E-state index contributed by atoms with van der Waals surface area (Å²) < 4.78 is 27.6. The number of amides is 1. The lowest BCUT2D eigenvalue weighted by Gasteiger charge is -2.22. The van der Waals surface area contributed by atoms with Crippen LogP contribution in [0.5, 0.6) is 0 Å². The molecule has 6 heteroatoms. The van der Waals surface area contributed by atoms with Crippen molar-refractivity contribution in [3.05, 3.63) is 65.2 Å². The highest BCUT2D eigenvalue weighted by molar-refractivity contribution is 7.89. The summed E-state index contributed by atoms with van der Waals surface area (Å²) in [6.07, 6.45) is 0.628. The van der Waals surface area contributed by atoms with Gasteiger partial charge in [-0.2, -0.15) is 4.31 Å². The molecule has 138 valence electrons. The summed E-state index contributed by atoms with van der Waals surface area (Å²) in [6.45, 7) is 5.47. The molecule has 1 aliphatic heterocycles. The molecule has 0 aliphatic carbocycles. The van der Waals surface area contributed by atoms with Crippen LogP contribution in [0.15, 0.2) is 53.4 Å². The van der Waals surface area contributed by atoms with E-state index in [0.717, 1.165) is 11.1 Å². The third kappa shape index (κ3) is 3.81. The van der Waals surface area contributed by atoms with Gasteiger partial charge < -0.3 is 4.90 Å². The smallest absolute Gasteiger partial charge is 0.253 e. The van der Waals surface area contributed by atoms with Crippen molar-refractivity contribution in [1.29, 1.82) is 0 Å². The van der Waals surface area contributed by atoms with Gasteiger partial charge in [-0.15, -0.1) is 0 Å². The molecule has 0 radical (unpaired) electrons. The molecule has 3 rings (SSSR count). The average Bonchev–Trinajstić information content (AvgIpc) is 2.88. The molecular formula is C20H24N2O3S. The van der Waals surface area contributed by atoms with E-state index in [1.807, 2.05) is 44.2 Å². The summed E-state index contributed by atoms with van der Waals surface area (Å²) >= 11 is 0. The minimum Gasteiger partial charge on any atom is -0.337 e. The molecule has 0 unspecified atom stereocenters. The zero-order chi connectivity index (χ0) is 18.7. The second-order valence-electron chi connectivity index (χ2n) is 6.68. The van der Waals surface area contributed by atoms with E-state index in [1.54, 1.807) is 23.1 Å². The molecule has 2 aromatic rings. The molecule has 1 heterocycles. The quantitative estimate of drug-likeness (QED) is 0.832. The van der Waals surface area contributed by atoms with Crippen molar-refractivity contribution >= 4 is 15.9 Å². The minimum atomic E-state index is -3.55. The van der Waals surface area contributed by atoms with Gasteiger partial charge in [-0.05, 0) is 44.0 Å². The summed E-state index contributed by atoms with van der Waals surface area (Å²) in [5, 5.41) is 0. The summed E-state index contributed by atoms with van der Waals surface area (Å²) in [5.74, 6) is -0.0450. The van der Waals surface area contributed by atoms with Gasteiger partial charge in [-0.1, -0.05) is 35.9 Å². The Kier molecular flexibility index (Phi) is 5.44. The summed E-state index contributed by atoms with van der Waals surface area (Å²) in [7, 11) is -3.55. The van der Waals surface area contributed by atoms with Crippen LogP contribution in [0.25, 0.3) is 0 Å². The molecule has 0 atom stereocenters. The number of rotatable bonds is 3. The van der Waals surface area contributed by atoms with Gasteiger partial charge in [0.2, 0.25) is 10.0 Å². The number of carbonyl (C=O) groups excluding carboxylic acids is 1. The molecule has 26 heavy (non-hydrogen) atoms. The van der Waals surface area contributed by atoms with Gasteiger partial charge >= 0.3 is 0 Å². The van der Waals surface area contributed by atoms with Crippen molar-refractivity contribution in [2.45, 2.75) is 25.2 Å². The zero-order valence-electron chi connectivity index (χ0n) is 15.2. The summed E-state index contributed by atoms with van der Waals surface area (Å²) in [6, 6.07) is 14.5. The summed E-state index contributed by atoms with van der Waals surface area (Å²) in [4.78, 5) is 14.7. The number of benzene rings is 2. The topological polar surface area (TPSA) is 57.7 Å². The molecule has 1 saturated heterocycles. The Morgan fingerprint density at radius 1 is 0.923 bits per heavy atom. The number of carbonyl (C=O) groups is 1. The standard InChI is InChI=1S/C20H24N2O3S/c1-16-9-10-19(17(2)15-16)26(24,25)22-12-6-11-21(13-14-22)20(23)18-7-4-3-5-8-18/h3-5,7-10,15H,6,11-14H2,1-2H3. The van der Waals surface area contributed by atoms with E-state index < -0.39 is 10.0 Å². The summed E-state index contributed by atoms with van der Waals surface area (Å²) in [5.41, 5.74) is 2.43. The molecule has 1 fully saturated rings. The first-order valence-electron chi connectivity index (χ1n) is 8.81. The maximum Gasteiger partial charge on any atom is 0.253 e. The fourth-order valence-corrected chi connectivity index (χ4v) is 5.00. The lowest BCUT2D eigenvalue weighted by Crippen LogP contribution is -2.37. The monoisotopic (exact) mass is 372 g/mol. The first-order chi connectivity index (χ1) is 12.4. The highest BCUT2D eigenvalue weighted by Crippen LogP contribution is 2.22. The van der Waals surface area contributed by atoms with Gasteiger partial charge in [0, 0.05) is 31.7 Å². The van der Waals surface area contributed by atoms with E-state index in [9.17, 15) is 13.2 Å². The molecule has 2 aromatic carbocycles. The van der Waals surface area contributed by atoms with Crippen molar-refractivity contribution < 1.29 is 13.2 Å². The molecule has 0 N–H and O–H groups in total. The van der Waals surface area contributed by atoms with Crippen LogP contribution in [-0.2, 0) is 10.0 Å². The van der Waals surface area contributed by atoms with E-state index >= 15 is 0 Å². The van der Waals surface area contributed by atoms with Crippen LogP contribution in [0, 0.1) is 13.8 Å². The predicted molar refractivity (Wildman–Crippen MR) is 102 cm³/mol. The minimum absolute atomic E-state index is 0.0450. The van der Waals surface area contributed by atoms with Crippen LogP contribution in [0.1, 0.15) is 27.9 Å². The highest BCUT2D eigenvalue weighted by atomic mass is 32.2. The van der Waals surface area contributed by atoms with E-state index in [-0.39, 0.29) is 5.91 Å². The van der Waals surface area contributed by atoms with Gasteiger partial charge in [0.05, 0.1) is 4.90 Å². The fraction of sp³-hybridized carbons (Fsp3) is 0.350. The van der Waals surface area contributed by atoms with Crippen molar-refractivity contribution in [3.8, 4) is 0 Å². The molecular weight excluding hydrogens is 348 g/mol. The third-order valence-corrected chi connectivity index (χ3v) is 6.77. The average molecular weight is 372 g/mol. The van der Waals surface area contributed by atoms with Crippen molar-refractivity contribution in [2.75, 3.05) is 26.2 Å². The van der Waals surface area contributed by atoms with Gasteiger partial charge in [-0.25, -0.2) is 8.42 Å². The van der Waals surface area contributed by atoms with Crippen molar-refractivity contribution in [3.63, 3.8) is 0 Å². The normalized spacial score (nSPS) is 16.3. The second kappa shape index (κ2) is 7.60. The molecule has 1 aliphatic rings. The number of sulfonamides is 1. The fourth-order valence-electron chi connectivity index (χ4n) is 3.33. The third-order valence-electron chi connectivity index (χ3n) is 4.71. The maximum atomic E-state index is 13.0. The Hall–Kier alpha value is -2.18. The molecule has 0 aromatic heterocycles. The van der Waals surface area contributed by atoms with Gasteiger partial charge in [0.15, 0.2) is 0 Å². The first-order valence-corrected chi connectivity index (χ1v) is 10.3. The number of hydrogen-bond donors (Lipinski definition) is 0. The molecule has 0 saturated carbocycles. The SMILES string of the molecule is Cc1ccc(S(=O)(=O)N2CCCN(C(=O)c3ccccc3)CC2)c(C)c1. The number of aryl methyl sites for hydroxylation is 2. The van der Waals surface area contributed by atoms with E-state index in [1.165, 1.54) is 4.31 Å². The Morgan fingerprint density at radius 2 is 1.65 bits per heavy atom. The number of hydrogen-bond acceptors (Lipinski definition) is 3. The number of nitrogens with zero attached hydrogens (tertiary/aromatic N) is 2. The first kappa shape index (κ1) is 18.6. The second-order valence-corrected chi connectivity index (χ2v) is 8.59. The van der Waals surface area contributed by atoms with Gasteiger partial charge in [0.1, 0.15) is 0 Å². The maximum absolute atomic E-state index is 13.0. The Balaban J connectivity index is 1.77. The van der Waals surface area contributed by atoms with Crippen molar-refractivity contribution in [1.82, 2.24) is 9.21 Å². The Bertz CT molecular complexity index is 895. The molecule has 1 amide bonds. The van der Waals surface area contributed by atoms with E-state index in [2.05, 4.69) is 0 Å². The van der Waals surface area contributed by atoms with Crippen LogP contribution in [0.4, 0.5) is 0 Å². The van der Waals surface area contributed by atoms with Crippen molar-refractivity contribution in [2.24, 2.45) is 0 Å². The molecule has 0 spiro atoms. The Labute approximate surface area is 155 Å². The zero-order valence-corrected chi connectivity index (χ0v) is 16.0. The lowest BCUT2D eigenvalue weighted by atomic mass is 10.2. The van der Waals surface area contributed by atoms with Gasteiger partial charge in [0.25, 0.3) is 5.91 Å². The van der Waals surface area contributed by atoms with Crippen LogP contribution in [0.3, 0.4) is 0 Å². The van der Waals surface area contributed by atoms with Crippen LogP contribution in [-0.4, -0.2) is 49.7 Å². The van der Waals surface area contributed by atoms with Crippen LogP contribution in [0.2, 0.25) is 0 Å². The van der Waals surface area contributed by atoms with Crippen LogP contribution >= 0.6 is 0 Å². The van der Waals surface area contributed by atoms with Crippen LogP contribution < -0.4 is 0 Å². The van der Waals surface area contributed by atoms with E-state index in [0.29, 0.717) is 43.1 Å². The lowest BCUT2D eigenvalue weighted by molar-refractivity contribution is 0.0764. The largest absolute Gasteiger partial charge is 0.337 e. The Morgan fingerprint density at radius 3 is 2.35 bits per heavy atom. The van der Waals surface area contributed by atoms with E-state index in [4.69, 9.17) is 0 Å².